The van der Waals surface area contributed by atoms with E-state index in [0.29, 0.717) is 62.5 Å². The molecule has 0 saturated heterocycles. The van der Waals surface area contributed by atoms with Crippen LogP contribution in [0.2, 0.25) is 0 Å². The fourth-order valence-corrected chi connectivity index (χ4v) is 19.0. The third-order valence-corrected chi connectivity index (χ3v) is 23.2. The van der Waals surface area contributed by atoms with Crippen LogP contribution in [0, 0.1) is 112 Å². The van der Waals surface area contributed by atoms with Gasteiger partial charge in [-0.3, -0.25) is 43.2 Å². The van der Waals surface area contributed by atoms with Crippen LogP contribution >= 0.6 is 11.6 Å². The van der Waals surface area contributed by atoms with Crippen molar-refractivity contribution in [3.05, 3.63) is 91.2 Å². The number of alkyl halides is 1. The van der Waals surface area contributed by atoms with Gasteiger partial charge in [0.1, 0.15) is 29.2 Å². The van der Waals surface area contributed by atoms with Crippen LogP contribution < -0.4 is 0 Å². The summed E-state index contributed by atoms with van der Waals surface area (Å²) in [7, 11) is 0. The number of ketones is 8. The van der Waals surface area contributed by atoms with Gasteiger partial charge in [-0.25, -0.2) is 5.53 Å². The number of carbonyl (C=O) groups is 9. The van der Waals surface area contributed by atoms with E-state index in [9.17, 15) is 29.1 Å². The van der Waals surface area contributed by atoms with E-state index in [1.165, 1.54) is 24.3 Å². The smallest absolute Gasteiger partial charge is 0.314 e. The van der Waals surface area contributed by atoms with Crippen LogP contribution in [-0.4, -0.2) is 68.8 Å². The average Bonchev–Trinajstić information content (AvgIpc) is 3.44. The standard InChI is InChI=1S/C62H65ClN2O10/c1-22(2)23(3)54-36-15-32-33(53(69)9-8-52(32)68)16-38(36)56(63)39-19-47-46(18-37(39)54)59(71)44-13-29-25(5)28-12-43-48(20-40(28)57(65-64)41(29)21-49(44)61(47)73)60(72)45-17-35-27(11-42(45)58(43)70)24(4)26-10-30-31(51(67)7-6-50(30)66)14-34(26)55(35)62(74)75/h6-9,22-25,30-33,42-49,54-57,64H,10-21H2,1-5H3,(H,74,75). The summed E-state index contributed by atoms with van der Waals surface area (Å²) in [4.78, 5) is 127. The number of carboxylic acid groups (broad SMARTS) is 1. The zero-order valence-electron chi connectivity index (χ0n) is 43.3. The van der Waals surface area contributed by atoms with Gasteiger partial charge in [-0.1, -0.05) is 79.2 Å². The molecule has 0 radical (unpaired) electrons. The monoisotopic (exact) mass is 1030 g/mol. The molecule has 0 heterocycles. The minimum atomic E-state index is -1.05. The largest absolute Gasteiger partial charge is 0.481 e. The van der Waals surface area contributed by atoms with Crippen molar-refractivity contribution in [3.8, 4) is 0 Å². The van der Waals surface area contributed by atoms with E-state index >= 15 is 19.2 Å². The van der Waals surface area contributed by atoms with Crippen LogP contribution in [0.15, 0.2) is 96.3 Å². The van der Waals surface area contributed by atoms with Crippen molar-refractivity contribution in [1.29, 1.82) is 5.53 Å². The minimum Gasteiger partial charge on any atom is -0.481 e. The normalized spacial score (nSPS) is 42.2. The Bertz CT molecular complexity index is 3120. The van der Waals surface area contributed by atoms with Gasteiger partial charge in [0.25, 0.3) is 0 Å². The van der Waals surface area contributed by atoms with Crippen LogP contribution in [0.3, 0.4) is 0 Å². The van der Waals surface area contributed by atoms with Gasteiger partial charge in [-0.15, -0.1) is 11.6 Å². The summed E-state index contributed by atoms with van der Waals surface area (Å²) < 4.78 is 0. The number of Topliss-reactive ketones (excluding diaryl/α,β-unsaturated/α-hetero) is 4. The minimum absolute atomic E-state index is 0.0159. The van der Waals surface area contributed by atoms with Crippen molar-refractivity contribution >= 4 is 63.8 Å². The first-order valence-electron chi connectivity index (χ1n) is 28.0. The molecule has 13 rings (SSSR count). The lowest BCUT2D eigenvalue weighted by Gasteiger charge is -2.53. The number of fused-ring (bicyclic) bond motifs is 6. The van der Waals surface area contributed by atoms with E-state index in [1.54, 1.807) is 0 Å². The zero-order valence-corrected chi connectivity index (χ0v) is 44.0. The Morgan fingerprint density at radius 3 is 1.07 bits per heavy atom. The summed E-state index contributed by atoms with van der Waals surface area (Å²) in [5, 5.41) is 14.6. The molecule has 19 unspecified atom stereocenters. The molecule has 0 bridgehead atoms. The van der Waals surface area contributed by atoms with E-state index in [4.69, 9.17) is 17.1 Å². The second-order valence-electron chi connectivity index (χ2n) is 25.6. The maximum Gasteiger partial charge on any atom is 0.314 e. The Balaban J connectivity index is 0.769. The van der Waals surface area contributed by atoms with Gasteiger partial charge in [-0.2, -0.15) is 5.11 Å². The van der Waals surface area contributed by atoms with Crippen molar-refractivity contribution in [1.82, 2.24) is 0 Å². The number of rotatable bonds is 4. The quantitative estimate of drug-likeness (QED) is 0.155. The number of halogens is 1. The van der Waals surface area contributed by atoms with Crippen LogP contribution in [0.4, 0.5) is 0 Å². The molecule has 19 atom stereocenters. The predicted octanol–water partition coefficient (Wildman–Crippen LogP) is 9.57. The third kappa shape index (κ3) is 6.87. The van der Waals surface area contributed by atoms with E-state index in [-0.39, 0.29) is 102 Å². The molecule has 390 valence electrons. The molecule has 0 aromatic carbocycles. The Labute approximate surface area is 441 Å². The highest BCUT2D eigenvalue weighted by Gasteiger charge is 2.61. The van der Waals surface area contributed by atoms with E-state index in [2.05, 4.69) is 32.8 Å². The van der Waals surface area contributed by atoms with Crippen molar-refractivity contribution in [2.45, 2.75) is 123 Å². The first-order chi connectivity index (χ1) is 35.8. The molecule has 0 spiro atoms. The molecule has 0 amide bonds. The second kappa shape index (κ2) is 17.3. The Morgan fingerprint density at radius 1 is 0.453 bits per heavy atom. The van der Waals surface area contributed by atoms with Gasteiger partial charge in [0.2, 0.25) is 0 Å². The summed E-state index contributed by atoms with van der Waals surface area (Å²) in [6, 6.07) is -0.718. The summed E-state index contributed by atoms with van der Waals surface area (Å²) in [6.07, 6.45) is 9.33. The number of allylic oxidation sites excluding steroid dienone is 12. The van der Waals surface area contributed by atoms with Crippen molar-refractivity contribution in [2.75, 3.05) is 0 Å². The van der Waals surface area contributed by atoms with Gasteiger partial charge >= 0.3 is 5.97 Å². The number of aliphatic carboxylic acids is 1. The van der Waals surface area contributed by atoms with Crippen molar-refractivity contribution in [3.63, 3.8) is 0 Å². The second-order valence-corrected chi connectivity index (χ2v) is 26.0. The van der Waals surface area contributed by atoms with E-state index in [1.807, 2.05) is 6.92 Å². The fraction of sp³-hybridized carbons (Fsp3) is 0.597. The van der Waals surface area contributed by atoms with Crippen LogP contribution in [0.25, 0.3) is 0 Å². The first kappa shape index (κ1) is 49.2. The number of carboxylic acids is 1. The van der Waals surface area contributed by atoms with Gasteiger partial charge < -0.3 is 5.11 Å². The van der Waals surface area contributed by atoms with Gasteiger partial charge in [0, 0.05) is 76.9 Å². The maximum absolute atomic E-state index is 15.3. The first-order valence-corrected chi connectivity index (χ1v) is 28.4. The summed E-state index contributed by atoms with van der Waals surface area (Å²) in [6.45, 7) is 10.7. The molecule has 0 aliphatic heterocycles. The maximum atomic E-state index is 15.3. The summed E-state index contributed by atoms with van der Waals surface area (Å²) in [5.74, 6) is -9.15. The van der Waals surface area contributed by atoms with Gasteiger partial charge in [0.05, 0.1) is 11.3 Å². The van der Waals surface area contributed by atoms with Crippen LogP contribution in [0.5, 0.6) is 0 Å². The molecular weight excluding hydrogens is 968 g/mol. The van der Waals surface area contributed by atoms with Gasteiger partial charge in [-0.05, 0) is 147 Å². The third-order valence-electron chi connectivity index (χ3n) is 22.6. The van der Waals surface area contributed by atoms with E-state index in [0.717, 1.165) is 55.7 Å². The SMILES string of the molecule is CC1C2=C(CC3C(=O)C4CC5=C(CC4C(=O)C3C2)C(C(C)C(C)C)C2=C(CC3C(=O)C=CC(=O)C3C2)C5Cl)C(N=N)C2=C1CC1C(=O)C3CC4=C(CC3C(=O)C1C2)C(C(=O)O)C1=C(CC2C(=O)C=CC(=O)C2C1)C4C. The highest BCUT2D eigenvalue weighted by Crippen LogP contribution is 2.63. The summed E-state index contributed by atoms with van der Waals surface area (Å²) in [5.41, 5.74) is 19.9. The zero-order chi connectivity index (χ0) is 52.7. The molecule has 2 fully saturated rings. The number of carbonyl (C=O) groups excluding carboxylic acids is 8. The molecule has 13 heteroatoms. The van der Waals surface area contributed by atoms with Crippen molar-refractivity contribution in [2.24, 2.45) is 112 Å². The Hall–Kier alpha value is -5.36. The average molecular weight is 1030 g/mol. The molecule has 12 nitrogen and oxygen atoms in total. The number of hydrogen-bond donors (Lipinski definition) is 2. The highest BCUT2D eigenvalue weighted by molar-refractivity contribution is 6.25. The summed E-state index contributed by atoms with van der Waals surface area (Å²) >= 11 is 7.54. The lowest BCUT2D eigenvalue weighted by Crippen LogP contribution is -2.54. The molecule has 0 aromatic heterocycles. The molecule has 13 aliphatic carbocycles. The molecule has 2 N–H and O–H groups in total. The molecule has 75 heavy (non-hydrogen) atoms. The predicted molar refractivity (Wildman–Crippen MR) is 273 cm³/mol. The van der Waals surface area contributed by atoms with Crippen LogP contribution in [-0.2, 0) is 43.2 Å². The Morgan fingerprint density at radius 2 is 0.720 bits per heavy atom. The molecule has 13 aliphatic rings. The van der Waals surface area contributed by atoms with E-state index < -0.39 is 94.3 Å². The number of nitrogens with zero attached hydrogens (tertiary/aromatic N) is 1. The molecule has 2 saturated carbocycles. The number of hydrogen-bond acceptors (Lipinski definition) is 11. The Kier molecular flexibility index (Phi) is 11.4. The fourth-order valence-electron chi connectivity index (χ4n) is 18.6. The van der Waals surface area contributed by atoms with Crippen molar-refractivity contribution < 1.29 is 48.3 Å². The lowest BCUT2D eigenvalue weighted by molar-refractivity contribution is -0.149. The molecule has 0 aromatic rings. The topological polar surface area (TPSA) is 210 Å². The lowest BCUT2D eigenvalue weighted by atomic mass is 9.50. The van der Waals surface area contributed by atoms with Crippen LogP contribution in [0.1, 0.15) is 112 Å². The van der Waals surface area contributed by atoms with Gasteiger partial charge in [0.15, 0.2) is 23.1 Å². The number of nitrogens with one attached hydrogen (secondary N) is 1. The molecular formula is C62H65ClN2O10. The highest BCUT2D eigenvalue weighted by atomic mass is 35.5.